The van der Waals surface area contributed by atoms with Crippen LogP contribution in [0.3, 0.4) is 0 Å². The van der Waals surface area contributed by atoms with E-state index < -0.39 is 0 Å². The van der Waals surface area contributed by atoms with Crippen LogP contribution in [0.2, 0.25) is 0 Å². The third-order valence-electron chi connectivity index (χ3n) is 4.46. The molecule has 3 aliphatic rings. The molecule has 1 N–H and O–H groups in total. The largest absolute Gasteiger partial charge is 0.342 e. The molecule has 0 radical (unpaired) electrons. The molecule has 1 unspecified atom stereocenters. The highest BCUT2D eigenvalue weighted by Gasteiger charge is 2.44. The summed E-state index contributed by atoms with van der Waals surface area (Å²) in [4.78, 5) is 25.7. The van der Waals surface area contributed by atoms with Gasteiger partial charge in [0.25, 0.3) is 0 Å². The molecule has 2 saturated carbocycles. The fourth-order valence-electron chi connectivity index (χ4n) is 3.01. The topological polar surface area (TPSA) is 49.4 Å². The molecule has 0 aromatic heterocycles. The first-order chi connectivity index (χ1) is 8.07. The Morgan fingerprint density at radius 2 is 2.06 bits per heavy atom. The first-order valence-electron chi connectivity index (χ1n) is 6.66. The van der Waals surface area contributed by atoms with Gasteiger partial charge in [0, 0.05) is 6.54 Å². The number of nitrogens with zero attached hydrogens (tertiary/aromatic N) is 1. The molecule has 3 fully saturated rings. The van der Waals surface area contributed by atoms with Crippen LogP contribution in [0.25, 0.3) is 0 Å². The van der Waals surface area contributed by atoms with Gasteiger partial charge in [0.05, 0.1) is 6.54 Å². The Labute approximate surface area is 102 Å². The molecular weight excluding hydrogens is 216 g/mol. The van der Waals surface area contributed by atoms with Gasteiger partial charge in [-0.15, -0.1) is 0 Å². The van der Waals surface area contributed by atoms with Crippen LogP contribution < -0.4 is 5.32 Å². The van der Waals surface area contributed by atoms with Gasteiger partial charge in [0.15, 0.2) is 0 Å². The van der Waals surface area contributed by atoms with E-state index in [0.29, 0.717) is 5.92 Å². The van der Waals surface area contributed by atoms with Crippen LogP contribution >= 0.6 is 0 Å². The molecule has 0 aromatic carbocycles. The third-order valence-corrected chi connectivity index (χ3v) is 4.46. The Balaban J connectivity index is 1.69. The molecule has 17 heavy (non-hydrogen) atoms. The van der Waals surface area contributed by atoms with Crippen molar-refractivity contribution in [2.45, 2.75) is 45.1 Å². The summed E-state index contributed by atoms with van der Waals surface area (Å²) in [5.41, 5.74) is 0.265. The van der Waals surface area contributed by atoms with Crippen LogP contribution in [0.1, 0.15) is 39.0 Å². The molecule has 94 valence electrons. The fourth-order valence-corrected chi connectivity index (χ4v) is 3.01. The standard InChI is InChI=1S/C13H20N2O2/c1-13(5-2-6-13)8-15-7-10(16)14-11(12(15)17)9-3-4-9/h9,11H,2-8H2,1H3,(H,14,16). The van der Waals surface area contributed by atoms with Gasteiger partial charge >= 0.3 is 0 Å². The minimum absolute atomic E-state index is 0.0180. The third kappa shape index (κ3) is 2.05. The predicted octanol–water partition coefficient (Wildman–Crippen LogP) is 0.914. The second kappa shape index (κ2) is 3.72. The quantitative estimate of drug-likeness (QED) is 0.792. The summed E-state index contributed by atoms with van der Waals surface area (Å²) >= 11 is 0. The van der Waals surface area contributed by atoms with Crippen LogP contribution in [-0.4, -0.2) is 35.8 Å². The second-order valence-corrected chi connectivity index (χ2v) is 6.24. The number of carbonyl (C=O) groups is 2. The number of nitrogens with one attached hydrogen (secondary N) is 1. The normalized spacial score (nSPS) is 32.1. The lowest BCUT2D eigenvalue weighted by Gasteiger charge is -2.44. The van der Waals surface area contributed by atoms with Crippen molar-refractivity contribution in [3.63, 3.8) is 0 Å². The summed E-state index contributed by atoms with van der Waals surface area (Å²) in [5.74, 6) is 0.577. The van der Waals surface area contributed by atoms with Gasteiger partial charge in [-0.05, 0) is 37.0 Å². The summed E-state index contributed by atoms with van der Waals surface area (Å²) in [7, 11) is 0. The predicted molar refractivity (Wildman–Crippen MR) is 63.2 cm³/mol. The molecule has 0 aromatic rings. The Bertz CT molecular complexity index is 358. The van der Waals surface area contributed by atoms with E-state index >= 15 is 0 Å². The second-order valence-electron chi connectivity index (χ2n) is 6.24. The van der Waals surface area contributed by atoms with Crippen molar-refractivity contribution < 1.29 is 9.59 Å². The number of carbonyl (C=O) groups excluding carboxylic acids is 2. The van der Waals surface area contributed by atoms with E-state index in [1.54, 1.807) is 4.90 Å². The summed E-state index contributed by atoms with van der Waals surface area (Å²) in [6, 6.07) is -0.222. The Morgan fingerprint density at radius 3 is 2.59 bits per heavy atom. The van der Waals surface area contributed by atoms with Gasteiger partial charge in [0.1, 0.15) is 6.04 Å². The maximum Gasteiger partial charge on any atom is 0.245 e. The lowest BCUT2D eigenvalue weighted by molar-refractivity contribution is -0.147. The molecule has 2 aliphatic carbocycles. The molecule has 4 heteroatoms. The van der Waals surface area contributed by atoms with Gasteiger partial charge in [-0.3, -0.25) is 9.59 Å². The van der Waals surface area contributed by atoms with Gasteiger partial charge < -0.3 is 10.2 Å². The summed E-state index contributed by atoms with van der Waals surface area (Å²) in [6.45, 7) is 3.25. The van der Waals surface area contributed by atoms with Crippen molar-refractivity contribution in [3.8, 4) is 0 Å². The average Bonchev–Trinajstić information content (AvgIpc) is 3.04. The van der Waals surface area contributed by atoms with Crippen LogP contribution in [0.5, 0.6) is 0 Å². The van der Waals surface area contributed by atoms with E-state index in [1.807, 2.05) is 0 Å². The number of rotatable bonds is 3. The summed E-state index contributed by atoms with van der Waals surface area (Å²) in [6.07, 6.45) is 5.80. The lowest BCUT2D eigenvalue weighted by atomic mass is 9.70. The minimum atomic E-state index is -0.222. The van der Waals surface area contributed by atoms with Gasteiger partial charge in [-0.25, -0.2) is 0 Å². The number of hydrogen-bond acceptors (Lipinski definition) is 2. The van der Waals surface area contributed by atoms with Crippen molar-refractivity contribution in [2.24, 2.45) is 11.3 Å². The van der Waals surface area contributed by atoms with Crippen molar-refractivity contribution in [2.75, 3.05) is 13.1 Å². The van der Waals surface area contributed by atoms with Gasteiger partial charge in [-0.2, -0.15) is 0 Å². The first kappa shape index (κ1) is 11.1. The van der Waals surface area contributed by atoms with Gasteiger partial charge in [0.2, 0.25) is 11.8 Å². The monoisotopic (exact) mass is 236 g/mol. The zero-order valence-corrected chi connectivity index (χ0v) is 10.4. The molecule has 0 spiro atoms. The number of hydrogen-bond donors (Lipinski definition) is 1. The molecule has 0 bridgehead atoms. The highest BCUT2D eigenvalue weighted by molar-refractivity contribution is 5.95. The number of piperazine rings is 1. The Hall–Kier alpha value is -1.06. The minimum Gasteiger partial charge on any atom is -0.342 e. The maximum absolute atomic E-state index is 12.3. The van der Waals surface area contributed by atoms with Crippen molar-refractivity contribution in [1.29, 1.82) is 0 Å². The Kier molecular flexibility index (Phi) is 2.42. The maximum atomic E-state index is 12.3. The van der Waals surface area contributed by atoms with E-state index in [0.717, 1.165) is 19.4 Å². The molecule has 2 amide bonds. The molecule has 3 rings (SSSR count). The lowest BCUT2D eigenvalue weighted by Crippen LogP contribution is -2.60. The Morgan fingerprint density at radius 1 is 1.35 bits per heavy atom. The van der Waals surface area contributed by atoms with Gasteiger partial charge in [-0.1, -0.05) is 13.3 Å². The molecule has 1 aliphatic heterocycles. The summed E-state index contributed by atoms with van der Waals surface area (Å²) in [5, 5.41) is 2.85. The van der Waals surface area contributed by atoms with Crippen LogP contribution in [0.15, 0.2) is 0 Å². The smallest absolute Gasteiger partial charge is 0.245 e. The molecule has 1 saturated heterocycles. The van der Waals surface area contributed by atoms with Crippen molar-refractivity contribution in [1.82, 2.24) is 10.2 Å². The summed E-state index contributed by atoms with van der Waals surface area (Å²) < 4.78 is 0. The molecule has 1 atom stereocenters. The van der Waals surface area contributed by atoms with Crippen LogP contribution in [-0.2, 0) is 9.59 Å². The van der Waals surface area contributed by atoms with E-state index in [9.17, 15) is 9.59 Å². The zero-order valence-electron chi connectivity index (χ0n) is 10.4. The van der Waals surface area contributed by atoms with Crippen molar-refractivity contribution in [3.05, 3.63) is 0 Å². The molecule has 4 nitrogen and oxygen atoms in total. The average molecular weight is 236 g/mol. The van der Waals surface area contributed by atoms with Crippen LogP contribution in [0.4, 0.5) is 0 Å². The number of amides is 2. The van der Waals surface area contributed by atoms with E-state index in [2.05, 4.69) is 12.2 Å². The zero-order chi connectivity index (χ0) is 12.0. The molecular formula is C13H20N2O2. The SMILES string of the molecule is CC1(CN2CC(=O)NC(C3CC3)C2=O)CCC1. The van der Waals surface area contributed by atoms with Crippen LogP contribution in [0, 0.1) is 11.3 Å². The van der Waals surface area contributed by atoms with E-state index in [4.69, 9.17) is 0 Å². The fraction of sp³-hybridized carbons (Fsp3) is 0.846. The first-order valence-corrected chi connectivity index (χ1v) is 6.66. The highest BCUT2D eigenvalue weighted by Crippen LogP contribution is 2.42. The van der Waals surface area contributed by atoms with Crippen molar-refractivity contribution >= 4 is 11.8 Å². The van der Waals surface area contributed by atoms with E-state index in [1.165, 1.54) is 19.3 Å². The van der Waals surface area contributed by atoms with E-state index in [-0.39, 0.29) is 29.8 Å². The highest BCUT2D eigenvalue weighted by atomic mass is 16.2. The molecule has 1 heterocycles.